The fourth-order valence-corrected chi connectivity index (χ4v) is 5.73. The number of ether oxygens (including phenoxy) is 2. The minimum absolute atomic E-state index is 0.262. The highest BCUT2D eigenvalue weighted by molar-refractivity contribution is 6.08. The first-order valence-electron chi connectivity index (χ1n) is 11.8. The van der Waals surface area contributed by atoms with Crippen molar-refractivity contribution in [1.82, 2.24) is 14.7 Å². The van der Waals surface area contributed by atoms with Crippen LogP contribution in [0.2, 0.25) is 0 Å². The molecule has 3 aliphatic rings. The highest BCUT2D eigenvalue weighted by Gasteiger charge is 2.58. The lowest BCUT2D eigenvalue weighted by atomic mass is 9.71. The predicted molar refractivity (Wildman–Crippen MR) is 121 cm³/mol. The average molecular weight is 450 g/mol. The minimum atomic E-state index is -0.889. The van der Waals surface area contributed by atoms with Crippen LogP contribution in [0, 0.1) is 5.41 Å². The van der Waals surface area contributed by atoms with E-state index in [1.807, 2.05) is 0 Å². The van der Waals surface area contributed by atoms with Crippen LogP contribution in [0.3, 0.4) is 0 Å². The number of carbonyl (C=O) groups excluding carboxylic acids is 3. The highest BCUT2D eigenvalue weighted by Crippen LogP contribution is 2.42. The Morgan fingerprint density at radius 2 is 1.75 bits per heavy atom. The van der Waals surface area contributed by atoms with Crippen molar-refractivity contribution < 1.29 is 23.9 Å². The molecule has 0 bridgehead atoms. The number of hydrogen-bond donors (Lipinski definition) is 0. The van der Waals surface area contributed by atoms with Gasteiger partial charge in [0.2, 0.25) is 0 Å². The Labute approximate surface area is 191 Å². The number of carbonyl (C=O) groups is 3. The second-order valence-electron chi connectivity index (χ2n) is 10.0. The number of nitrogens with zero attached hydrogens (tertiary/aromatic N) is 3. The lowest BCUT2D eigenvalue weighted by Crippen LogP contribution is -2.57. The predicted octanol–water partition coefficient (Wildman–Crippen LogP) is 2.82. The molecule has 2 fully saturated rings. The first kappa shape index (κ1) is 24.7. The van der Waals surface area contributed by atoms with Gasteiger partial charge in [0.1, 0.15) is 12.1 Å². The first-order chi connectivity index (χ1) is 15.2. The number of imide groups is 1. The lowest BCUT2D eigenvalue weighted by Gasteiger charge is -2.43. The summed E-state index contributed by atoms with van der Waals surface area (Å²) < 4.78 is 9.88. The van der Waals surface area contributed by atoms with Gasteiger partial charge in [0, 0.05) is 33.3 Å². The normalized spacial score (nSPS) is 23.4. The molecule has 8 heteroatoms. The highest BCUT2D eigenvalue weighted by atomic mass is 16.5. The van der Waals surface area contributed by atoms with Gasteiger partial charge in [-0.2, -0.15) is 0 Å². The zero-order valence-electron chi connectivity index (χ0n) is 20.4. The molecule has 2 heterocycles. The van der Waals surface area contributed by atoms with Crippen molar-refractivity contribution in [2.24, 2.45) is 5.41 Å². The van der Waals surface area contributed by atoms with E-state index < -0.39 is 17.5 Å². The van der Waals surface area contributed by atoms with Gasteiger partial charge in [-0.1, -0.05) is 25.0 Å². The van der Waals surface area contributed by atoms with Crippen LogP contribution in [0.5, 0.6) is 0 Å². The molecule has 32 heavy (non-hydrogen) atoms. The zero-order valence-corrected chi connectivity index (χ0v) is 20.4. The molecule has 1 aliphatic carbocycles. The molecule has 0 aromatic rings. The number of esters is 1. The summed E-state index contributed by atoms with van der Waals surface area (Å²) in [7, 11) is 2.84. The van der Waals surface area contributed by atoms with Gasteiger partial charge in [-0.25, -0.2) is 4.79 Å². The average Bonchev–Trinajstić information content (AvgIpc) is 2.94. The van der Waals surface area contributed by atoms with Crippen molar-refractivity contribution in [2.45, 2.75) is 64.8 Å². The Morgan fingerprint density at radius 1 is 1.06 bits per heavy atom. The van der Waals surface area contributed by atoms with Crippen LogP contribution < -0.4 is 0 Å². The topological polar surface area (TPSA) is 79.4 Å². The molecule has 0 N–H and O–H groups in total. The van der Waals surface area contributed by atoms with Gasteiger partial charge < -0.3 is 19.3 Å². The minimum Gasteiger partial charge on any atom is -0.468 e. The Morgan fingerprint density at radius 3 is 2.34 bits per heavy atom. The summed E-state index contributed by atoms with van der Waals surface area (Å²) in [5, 5.41) is 0. The molecule has 3 rings (SSSR count). The summed E-state index contributed by atoms with van der Waals surface area (Å²) in [5.41, 5.74) is 2.50. The molecule has 0 aromatic carbocycles. The summed E-state index contributed by atoms with van der Waals surface area (Å²) in [4.78, 5) is 43.2. The fourth-order valence-electron chi connectivity index (χ4n) is 5.73. The zero-order chi connectivity index (χ0) is 23.5. The number of urea groups is 1. The van der Waals surface area contributed by atoms with Gasteiger partial charge in [-0.15, -0.1) is 0 Å². The molecule has 0 saturated carbocycles. The largest absolute Gasteiger partial charge is 0.468 e. The molecular formula is C24H39N3O5. The number of allylic oxidation sites excluding steroid dienone is 1. The molecule has 3 amide bonds. The lowest BCUT2D eigenvalue weighted by molar-refractivity contribution is -0.146. The summed E-state index contributed by atoms with van der Waals surface area (Å²) in [6.07, 6.45) is 5.90. The molecule has 1 spiro atoms. The smallest absolute Gasteiger partial charge is 0.328 e. The molecule has 0 atom stereocenters. The van der Waals surface area contributed by atoms with Crippen molar-refractivity contribution in [3.63, 3.8) is 0 Å². The molecular weight excluding hydrogens is 410 g/mol. The second-order valence-corrected chi connectivity index (χ2v) is 10.0. The van der Waals surface area contributed by atoms with Gasteiger partial charge >= 0.3 is 12.0 Å². The van der Waals surface area contributed by atoms with Crippen LogP contribution in [0.25, 0.3) is 0 Å². The third-order valence-corrected chi connectivity index (χ3v) is 7.70. The van der Waals surface area contributed by atoms with Gasteiger partial charge in [-0.05, 0) is 50.9 Å². The molecule has 2 aliphatic heterocycles. The molecule has 0 aromatic heterocycles. The van der Waals surface area contributed by atoms with E-state index in [1.165, 1.54) is 31.9 Å². The van der Waals surface area contributed by atoms with E-state index >= 15 is 0 Å². The van der Waals surface area contributed by atoms with E-state index in [4.69, 9.17) is 9.47 Å². The number of hydrogen-bond acceptors (Lipinski definition) is 6. The van der Waals surface area contributed by atoms with Gasteiger partial charge in [0.25, 0.3) is 5.91 Å². The molecule has 180 valence electrons. The van der Waals surface area contributed by atoms with Crippen molar-refractivity contribution in [3.05, 3.63) is 11.1 Å². The summed E-state index contributed by atoms with van der Waals surface area (Å²) >= 11 is 0. The van der Waals surface area contributed by atoms with Crippen molar-refractivity contribution in [3.8, 4) is 0 Å². The monoisotopic (exact) mass is 449 g/mol. The van der Waals surface area contributed by atoms with Crippen LogP contribution in [0.4, 0.5) is 4.79 Å². The van der Waals surface area contributed by atoms with E-state index in [0.717, 1.165) is 31.0 Å². The Bertz CT molecular complexity index is 768. The van der Waals surface area contributed by atoms with Crippen molar-refractivity contribution >= 4 is 17.9 Å². The van der Waals surface area contributed by atoms with Crippen LogP contribution in [0.1, 0.15) is 59.3 Å². The van der Waals surface area contributed by atoms with Gasteiger partial charge in [0.15, 0.2) is 0 Å². The maximum absolute atomic E-state index is 13.3. The summed E-state index contributed by atoms with van der Waals surface area (Å²) in [5.74, 6) is -0.873. The number of likely N-dealkylation sites (tertiary alicyclic amines) is 1. The molecule has 8 nitrogen and oxygen atoms in total. The van der Waals surface area contributed by atoms with E-state index in [2.05, 4.69) is 25.7 Å². The molecule has 0 unspecified atom stereocenters. The molecule has 2 saturated heterocycles. The second kappa shape index (κ2) is 9.91. The molecule has 0 radical (unpaired) electrons. The first-order valence-corrected chi connectivity index (χ1v) is 11.8. The SMILES string of the molecule is COCCN1C(=O)N(CC(=O)OC)C(=O)C12CCN(CCC1=C(C)CCCC1(C)C)CC2. The number of rotatable bonds is 8. The van der Waals surface area contributed by atoms with Gasteiger partial charge in [-0.3, -0.25) is 14.5 Å². The number of amides is 3. The van der Waals surface area contributed by atoms with Crippen LogP contribution in [-0.4, -0.2) is 91.7 Å². The Kier molecular flexibility index (Phi) is 7.65. The van der Waals surface area contributed by atoms with Crippen LogP contribution >= 0.6 is 0 Å². The third kappa shape index (κ3) is 4.71. The number of piperidine rings is 1. The Balaban J connectivity index is 1.68. The summed E-state index contributed by atoms with van der Waals surface area (Å²) in [6, 6.07) is -0.421. The Hall–Kier alpha value is -1.93. The summed E-state index contributed by atoms with van der Waals surface area (Å²) in [6.45, 7) is 9.78. The number of methoxy groups -OCH3 is 2. The van der Waals surface area contributed by atoms with Crippen LogP contribution in [-0.2, 0) is 19.1 Å². The van der Waals surface area contributed by atoms with E-state index in [-0.39, 0.29) is 17.9 Å². The third-order valence-electron chi connectivity index (χ3n) is 7.70. The van der Waals surface area contributed by atoms with Crippen molar-refractivity contribution in [1.29, 1.82) is 0 Å². The maximum atomic E-state index is 13.3. The van der Waals surface area contributed by atoms with E-state index in [1.54, 1.807) is 17.6 Å². The standard InChI is InChI=1S/C24H39N3O5/c1-18-7-6-9-23(2,3)19(18)8-12-25-13-10-24(11-14-25)21(29)26(17-20(28)32-5)22(30)27(24)15-16-31-4/h6-17H2,1-5H3. The van der Waals surface area contributed by atoms with E-state index in [9.17, 15) is 14.4 Å². The van der Waals surface area contributed by atoms with Crippen molar-refractivity contribution in [2.75, 3.05) is 53.6 Å². The fraction of sp³-hybridized carbons (Fsp3) is 0.792. The van der Waals surface area contributed by atoms with E-state index in [0.29, 0.717) is 26.0 Å². The maximum Gasteiger partial charge on any atom is 0.328 e. The van der Waals surface area contributed by atoms with Gasteiger partial charge in [0.05, 0.1) is 13.7 Å². The van der Waals surface area contributed by atoms with Crippen LogP contribution in [0.15, 0.2) is 11.1 Å². The quantitative estimate of drug-likeness (QED) is 0.322.